The van der Waals surface area contributed by atoms with Gasteiger partial charge in [-0.1, -0.05) is 5.16 Å². The predicted molar refractivity (Wildman–Crippen MR) is 98.9 cm³/mol. The molecule has 1 amide bonds. The zero-order valence-corrected chi connectivity index (χ0v) is 15.2. The Morgan fingerprint density at radius 2 is 2.11 bits per heavy atom. The van der Waals surface area contributed by atoms with Gasteiger partial charge < -0.3 is 15.0 Å². The molecule has 0 radical (unpaired) electrons. The molecule has 4 rings (SSSR count). The number of carbonyl (C=O) groups excluding carboxylic acids is 1. The van der Waals surface area contributed by atoms with E-state index in [1.54, 1.807) is 35.1 Å². The first kappa shape index (κ1) is 17.5. The van der Waals surface area contributed by atoms with E-state index in [2.05, 4.69) is 25.4 Å². The predicted octanol–water partition coefficient (Wildman–Crippen LogP) is 1.70. The molecule has 0 bridgehead atoms. The maximum absolute atomic E-state index is 10.8. The lowest BCUT2D eigenvalue weighted by Crippen LogP contribution is -2.19. The summed E-state index contributed by atoms with van der Waals surface area (Å²) in [4.78, 5) is 15.2. The molecule has 0 aliphatic rings. The molecule has 3 N–H and O–H groups in total. The Morgan fingerprint density at radius 3 is 2.79 bits per heavy atom. The highest BCUT2D eigenvalue weighted by atomic mass is 16.5. The van der Waals surface area contributed by atoms with Crippen LogP contribution in [0.2, 0.25) is 0 Å². The molecule has 0 unspecified atom stereocenters. The third kappa shape index (κ3) is 3.34. The number of nitrogens with zero attached hydrogens (tertiary/aromatic N) is 5. The average molecular weight is 379 g/mol. The molecule has 3 heterocycles. The molecule has 142 valence electrons. The van der Waals surface area contributed by atoms with Crippen LogP contribution >= 0.6 is 0 Å². The highest BCUT2D eigenvalue weighted by Crippen LogP contribution is 2.27. The van der Waals surface area contributed by atoms with Crippen LogP contribution in [-0.4, -0.2) is 42.6 Å². The molecular weight excluding hydrogens is 362 g/mol. The Balaban J connectivity index is 1.53. The van der Waals surface area contributed by atoms with E-state index < -0.39 is 5.91 Å². The molecule has 0 aliphatic heterocycles. The van der Waals surface area contributed by atoms with Gasteiger partial charge in [0.25, 0.3) is 11.8 Å². The number of nitrogens with two attached hydrogens (primary N) is 1. The first-order chi connectivity index (χ1) is 13.5. The van der Waals surface area contributed by atoms with E-state index in [4.69, 9.17) is 15.0 Å². The number of aromatic nitrogens is 6. The number of benzene rings is 1. The summed E-state index contributed by atoms with van der Waals surface area (Å²) in [5.74, 6) is 0.734. The quantitative estimate of drug-likeness (QED) is 0.520. The van der Waals surface area contributed by atoms with Crippen molar-refractivity contribution in [1.29, 1.82) is 0 Å². The molecule has 28 heavy (non-hydrogen) atoms. The molecule has 10 heteroatoms. The van der Waals surface area contributed by atoms with Gasteiger partial charge in [-0.3, -0.25) is 14.6 Å². The number of hydrogen-bond donors (Lipinski definition) is 2. The zero-order chi connectivity index (χ0) is 19.7. The normalized spacial score (nSPS) is 10.9. The van der Waals surface area contributed by atoms with Gasteiger partial charge in [0, 0.05) is 23.9 Å². The minimum atomic E-state index is -0.535. The van der Waals surface area contributed by atoms with Crippen LogP contribution in [-0.2, 0) is 11.8 Å². The number of primary amides is 1. The minimum Gasteiger partial charge on any atom is -0.484 e. The highest BCUT2D eigenvalue weighted by molar-refractivity contribution is 5.75. The number of amides is 1. The number of rotatable bonds is 6. The van der Waals surface area contributed by atoms with E-state index in [0.29, 0.717) is 23.2 Å². The van der Waals surface area contributed by atoms with E-state index in [-0.39, 0.29) is 6.61 Å². The van der Waals surface area contributed by atoms with Crippen LogP contribution in [0, 0.1) is 6.92 Å². The number of ether oxygens (including phenoxy) is 1. The molecule has 4 aromatic rings. The monoisotopic (exact) mass is 379 g/mol. The Hall–Kier alpha value is -3.95. The number of carbonyl (C=O) groups is 1. The van der Waals surface area contributed by atoms with E-state index in [1.165, 1.54) is 0 Å². The van der Waals surface area contributed by atoms with Crippen molar-refractivity contribution in [3.05, 3.63) is 42.2 Å². The third-order valence-electron chi connectivity index (χ3n) is 4.24. The van der Waals surface area contributed by atoms with Gasteiger partial charge in [-0.05, 0) is 37.3 Å². The van der Waals surface area contributed by atoms with E-state index in [0.717, 1.165) is 22.5 Å². The fraction of sp³-hybridized carbons (Fsp3) is 0.167. The van der Waals surface area contributed by atoms with Gasteiger partial charge in [-0.2, -0.15) is 15.2 Å². The molecule has 0 saturated carbocycles. The van der Waals surface area contributed by atoms with Crippen molar-refractivity contribution in [2.24, 2.45) is 12.8 Å². The van der Waals surface area contributed by atoms with Crippen LogP contribution in [0.15, 0.2) is 41.1 Å². The minimum absolute atomic E-state index is 0.176. The first-order valence-electron chi connectivity index (χ1n) is 8.41. The maximum atomic E-state index is 10.8. The van der Waals surface area contributed by atoms with Gasteiger partial charge in [0.1, 0.15) is 11.4 Å². The van der Waals surface area contributed by atoms with Crippen LogP contribution in [0.25, 0.3) is 34.2 Å². The SMILES string of the molecule is Cc1c(-c2cc(-c3nc(-c4ccc(OCC(N)=O)cc4)no3)[nH]n2)cnn1C. The molecule has 0 aliphatic carbocycles. The lowest BCUT2D eigenvalue weighted by molar-refractivity contribution is -0.119. The number of aryl methyl sites for hydroxylation is 1. The Bertz CT molecular complexity index is 1120. The molecular formula is C18H17N7O3. The number of hydrogen-bond acceptors (Lipinski definition) is 7. The van der Waals surface area contributed by atoms with Gasteiger partial charge in [-0.15, -0.1) is 0 Å². The summed E-state index contributed by atoms with van der Waals surface area (Å²) in [5, 5.41) is 15.4. The van der Waals surface area contributed by atoms with Crippen LogP contribution in [0.4, 0.5) is 0 Å². The lowest BCUT2D eigenvalue weighted by Gasteiger charge is -2.03. The third-order valence-corrected chi connectivity index (χ3v) is 4.24. The average Bonchev–Trinajstić information content (AvgIpc) is 3.41. The second kappa shape index (κ2) is 6.99. The van der Waals surface area contributed by atoms with E-state index in [9.17, 15) is 4.79 Å². The fourth-order valence-electron chi connectivity index (χ4n) is 2.62. The van der Waals surface area contributed by atoms with Crippen LogP contribution < -0.4 is 10.5 Å². The second-order valence-electron chi connectivity index (χ2n) is 6.14. The molecule has 3 aromatic heterocycles. The van der Waals surface area contributed by atoms with Gasteiger partial charge in [0.2, 0.25) is 5.82 Å². The maximum Gasteiger partial charge on any atom is 0.276 e. The van der Waals surface area contributed by atoms with Crippen molar-refractivity contribution in [2.45, 2.75) is 6.92 Å². The fourth-order valence-corrected chi connectivity index (χ4v) is 2.62. The molecule has 0 fully saturated rings. The number of nitrogens with one attached hydrogen (secondary N) is 1. The summed E-state index contributed by atoms with van der Waals surface area (Å²) in [7, 11) is 1.88. The Morgan fingerprint density at radius 1 is 1.32 bits per heavy atom. The highest BCUT2D eigenvalue weighted by Gasteiger charge is 2.16. The van der Waals surface area contributed by atoms with Crippen LogP contribution in [0.1, 0.15) is 5.69 Å². The van der Waals surface area contributed by atoms with Gasteiger partial charge in [0.15, 0.2) is 6.61 Å². The largest absolute Gasteiger partial charge is 0.484 e. The lowest BCUT2D eigenvalue weighted by atomic mass is 10.2. The topological polar surface area (TPSA) is 138 Å². The van der Waals surface area contributed by atoms with E-state index >= 15 is 0 Å². The van der Waals surface area contributed by atoms with Gasteiger partial charge >= 0.3 is 0 Å². The number of H-pyrrole nitrogens is 1. The van der Waals surface area contributed by atoms with Gasteiger partial charge in [0.05, 0.1) is 11.9 Å². The van der Waals surface area contributed by atoms with Crippen molar-refractivity contribution in [2.75, 3.05) is 6.61 Å². The Kier molecular flexibility index (Phi) is 4.36. The van der Waals surface area contributed by atoms with Crippen molar-refractivity contribution < 1.29 is 14.1 Å². The van der Waals surface area contributed by atoms with Crippen molar-refractivity contribution in [3.8, 4) is 40.0 Å². The zero-order valence-electron chi connectivity index (χ0n) is 15.2. The summed E-state index contributed by atoms with van der Waals surface area (Å²) in [6, 6.07) is 8.77. The summed E-state index contributed by atoms with van der Waals surface area (Å²) in [5.41, 5.74) is 9.08. The Labute approximate surface area is 159 Å². The molecule has 0 saturated heterocycles. The first-order valence-corrected chi connectivity index (χ1v) is 8.41. The number of aromatic amines is 1. The molecule has 1 aromatic carbocycles. The molecule has 0 atom stereocenters. The van der Waals surface area contributed by atoms with E-state index in [1.807, 2.05) is 20.0 Å². The summed E-state index contributed by atoms with van der Waals surface area (Å²) >= 11 is 0. The van der Waals surface area contributed by atoms with Crippen molar-refractivity contribution >= 4 is 5.91 Å². The van der Waals surface area contributed by atoms with Crippen LogP contribution in [0.3, 0.4) is 0 Å². The molecule has 0 spiro atoms. The van der Waals surface area contributed by atoms with Crippen molar-refractivity contribution in [3.63, 3.8) is 0 Å². The smallest absolute Gasteiger partial charge is 0.276 e. The summed E-state index contributed by atoms with van der Waals surface area (Å²) in [6.45, 7) is 1.79. The second-order valence-corrected chi connectivity index (χ2v) is 6.14. The van der Waals surface area contributed by atoms with Crippen molar-refractivity contribution in [1.82, 2.24) is 30.1 Å². The van der Waals surface area contributed by atoms with Crippen LogP contribution in [0.5, 0.6) is 5.75 Å². The summed E-state index contributed by atoms with van der Waals surface area (Å²) < 4.78 is 12.4. The standard InChI is InChI=1S/C18H17N7O3/c1-10-13(8-20-25(10)2)14-7-15(23-22-14)18-21-17(24-28-18)11-3-5-12(6-4-11)27-9-16(19)26/h3-8H,9H2,1-2H3,(H2,19,26)(H,22,23). The van der Waals surface area contributed by atoms with Gasteiger partial charge in [-0.25, -0.2) is 0 Å². The molecule has 10 nitrogen and oxygen atoms in total. The summed E-state index contributed by atoms with van der Waals surface area (Å²) in [6.07, 6.45) is 1.76.